The quantitative estimate of drug-likeness (QED) is 0.147. The Labute approximate surface area is 290 Å². The van der Waals surface area contributed by atoms with Crippen molar-refractivity contribution in [1.82, 2.24) is 0 Å². The van der Waals surface area contributed by atoms with E-state index in [1.54, 1.807) is 57.8 Å². The zero-order valence-electron chi connectivity index (χ0n) is 28.1. The van der Waals surface area contributed by atoms with Gasteiger partial charge in [-0.1, -0.05) is 54.1 Å². The fourth-order valence-corrected chi connectivity index (χ4v) is 5.76. The van der Waals surface area contributed by atoms with Crippen molar-refractivity contribution in [3.8, 4) is 28.6 Å². The first-order valence-corrected chi connectivity index (χ1v) is 16.0. The summed E-state index contributed by atoms with van der Waals surface area (Å²) in [5.74, 6) is 3.36. The van der Waals surface area contributed by atoms with E-state index < -0.39 is 0 Å². The molecule has 2 heterocycles. The highest BCUT2D eigenvalue weighted by Gasteiger charge is 2.35. The van der Waals surface area contributed by atoms with Crippen molar-refractivity contribution in [2.24, 2.45) is 0 Å². The number of halogens is 1. The van der Waals surface area contributed by atoms with Crippen LogP contribution in [0.3, 0.4) is 0 Å². The minimum absolute atomic E-state index is 0.0983. The molecule has 0 saturated carbocycles. The van der Waals surface area contributed by atoms with Gasteiger partial charge in [0.1, 0.15) is 17.3 Å². The summed E-state index contributed by atoms with van der Waals surface area (Å²) in [6, 6.07) is 24.3. The highest BCUT2D eigenvalue weighted by atomic mass is 35.5. The van der Waals surface area contributed by atoms with Crippen LogP contribution in [0.4, 0.5) is 0 Å². The van der Waals surface area contributed by atoms with Gasteiger partial charge in [-0.15, -0.1) is 0 Å². The number of carbonyl (C=O) groups is 1. The predicted molar refractivity (Wildman–Crippen MR) is 193 cm³/mol. The number of methoxy groups -OCH3 is 3. The Hall–Kier alpha value is -5.53. The lowest BCUT2D eigenvalue weighted by Gasteiger charge is -2.22. The van der Waals surface area contributed by atoms with Gasteiger partial charge >= 0.3 is 11.5 Å². The Morgan fingerprint density at radius 3 is 2.06 bits per heavy atom. The van der Waals surface area contributed by atoms with E-state index >= 15 is 0 Å². The zero-order chi connectivity index (χ0) is 34.9. The molecule has 6 rings (SSSR count). The molecule has 1 N–H and O–H groups in total. The second-order valence-corrected chi connectivity index (χ2v) is 12.9. The smallest absolute Gasteiger partial charge is 0.361 e. The number of hydrogen-bond donors (Lipinski definition) is 1. The van der Waals surface area contributed by atoms with Crippen LogP contribution in [0.5, 0.6) is 17.2 Å². The van der Waals surface area contributed by atoms with Crippen molar-refractivity contribution in [3.05, 3.63) is 147 Å². The molecule has 0 saturated heterocycles. The molecule has 1 aromatic heterocycles. The van der Waals surface area contributed by atoms with Gasteiger partial charge < -0.3 is 24.1 Å². The van der Waals surface area contributed by atoms with Crippen LogP contribution in [0, 0.1) is 0 Å². The summed E-state index contributed by atoms with van der Waals surface area (Å²) in [6.07, 6.45) is 6.98. The molecule has 0 bridgehead atoms. The molecule has 2 aliphatic rings. The zero-order valence-corrected chi connectivity index (χ0v) is 28.8. The third-order valence-electron chi connectivity index (χ3n) is 8.14. The van der Waals surface area contributed by atoms with Crippen LogP contribution in [0.25, 0.3) is 28.9 Å². The summed E-state index contributed by atoms with van der Waals surface area (Å²) >= 11 is 6.52. The maximum absolute atomic E-state index is 13.6. The molecule has 0 radical (unpaired) electrons. The molecule has 7 nitrogen and oxygen atoms in total. The molecule has 0 atom stereocenters. The summed E-state index contributed by atoms with van der Waals surface area (Å²) in [5, 5.41) is 11.8. The van der Waals surface area contributed by atoms with E-state index in [0.717, 1.165) is 5.56 Å². The highest BCUT2D eigenvalue weighted by molar-refractivity contribution is 6.32. The number of aliphatic hydroxyl groups is 1. The summed E-state index contributed by atoms with van der Waals surface area (Å²) in [4.78, 5) is 13.6. The van der Waals surface area contributed by atoms with E-state index in [4.69, 9.17) is 35.0 Å². The van der Waals surface area contributed by atoms with Crippen molar-refractivity contribution >= 4 is 35.0 Å². The van der Waals surface area contributed by atoms with Crippen LogP contribution in [0.2, 0.25) is 5.02 Å². The first-order valence-electron chi connectivity index (χ1n) is 15.6. The molecule has 4 aromatic rings. The van der Waals surface area contributed by atoms with E-state index in [9.17, 15) is 9.90 Å². The van der Waals surface area contributed by atoms with Gasteiger partial charge in [-0.25, -0.2) is 4.42 Å². The van der Waals surface area contributed by atoms with Gasteiger partial charge in [0.15, 0.2) is 11.5 Å². The van der Waals surface area contributed by atoms with E-state index in [1.807, 2.05) is 87.5 Å². The molecular weight excluding hydrogens is 640 g/mol. The average Bonchev–Trinajstić information content (AvgIpc) is 3.12. The van der Waals surface area contributed by atoms with Crippen LogP contribution in [-0.2, 0) is 14.9 Å². The molecule has 0 amide bonds. The number of allylic oxidation sites excluding steroid dienone is 6. The molecule has 0 fully saturated rings. The molecule has 49 heavy (non-hydrogen) atoms. The standard InChI is InChI=1S/C41H35ClO7/c1-41(2,3)37-21-25(19-33(49-37)27-22-35(45-4)40(47-6)36(23-27)46-5)17-30-38(43)29(39(30)44)16-24-18-32(26-12-8-7-9-13-26)48-34(20-24)28-14-10-11-15-31(28)42/h7-23H,1-6H3/p+1. The Balaban J connectivity index is 1.42. The van der Waals surface area contributed by atoms with Crippen molar-refractivity contribution in [2.75, 3.05) is 21.3 Å². The van der Waals surface area contributed by atoms with Crippen molar-refractivity contribution in [3.63, 3.8) is 0 Å². The summed E-state index contributed by atoms with van der Waals surface area (Å²) in [6.45, 7) is 6.11. The van der Waals surface area contributed by atoms with E-state index in [1.165, 1.54) is 0 Å². The van der Waals surface area contributed by atoms with E-state index in [0.29, 0.717) is 67.6 Å². The predicted octanol–water partition coefficient (Wildman–Crippen LogP) is 10.0. The van der Waals surface area contributed by atoms with Gasteiger partial charge in [0.05, 0.1) is 54.5 Å². The third kappa shape index (κ3) is 6.76. The molecule has 1 aliphatic heterocycles. The van der Waals surface area contributed by atoms with E-state index in [-0.39, 0.29) is 28.1 Å². The summed E-state index contributed by atoms with van der Waals surface area (Å²) in [5.41, 5.74) is 3.64. The Kier molecular flexibility index (Phi) is 9.22. The van der Waals surface area contributed by atoms with Crippen LogP contribution < -0.4 is 14.2 Å². The number of aliphatic hydroxyl groups excluding tert-OH is 1. The molecule has 0 unspecified atom stereocenters. The second-order valence-electron chi connectivity index (χ2n) is 12.5. The maximum Gasteiger partial charge on any atom is 0.361 e. The lowest BCUT2D eigenvalue weighted by Crippen LogP contribution is -2.21. The van der Waals surface area contributed by atoms with Gasteiger partial charge in [-0.05, 0) is 68.3 Å². The Morgan fingerprint density at radius 2 is 1.45 bits per heavy atom. The first kappa shape index (κ1) is 33.4. The van der Waals surface area contributed by atoms with Gasteiger partial charge in [-0.3, -0.25) is 4.79 Å². The van der Waals surface area contributed by atoms with Gasteiger partial charge in [0.2, 0.25) is 11.5 Å². The normalized spacial score (nSPS) is 16.2. The monoisotopic (exact) mass is 675 g/mol. The van der Waals surface area contributed by atoms with Crippen molar-refractivity contribution in [2.45, 2.75) is 26.2 Å². The average molecular weight is 676 g/mol. The topological polar surface area (TPSA) is 85.5 Å². The molecular formula is C41H36ClO7+. The molecule has 8 heteroatoms. The highest BCUT2D eigenvalue weighted by Crippen LogP contribution is 2.43. The van der Waals surface area contributed by atoms with Crippen LogP contribution in [0.15, 0.2) is 124 Å². The lowest BCUT2D eigenvalue weighted by molar-refractivity contribution is -0.113. The van der Waals surface area contributed by atoms with Crippen LogP contribution in [-0.4, -0.2) is 32.2 Å². The van der Waals surface area contributed by atoms with Crippen molar-refractivity contribution < 1.29 is 33.3 Å². The van der Waals surface area contributed by atoms with Gasteiger partial charge in [0, 0.05) is 29.3 Å². The summed E-state index contributed by atoms with van der Waals surface area (Å²) in [7, 11) is 4.65. The van der Waals surface area contributed by atoms with E-state index in [2.05, 4.69) is 0 Å². The minimum atomic E-state index is -0.363. The fraction of sp³-hybridized carbons (Fsp3) is 0.171. The summed E-state index contributed by atoms with van der Waals surface area (Å²) < 4.78 is 29.3. The molecule has 248 valence electrons. The molecule has 3 aromatic carbocycles. The largest absolute Gasteiger partial charge is 0.506 e. The van der Waals surface area contributed by atoms with Gasteiger partial charge in [0.25, 0.3) is 0 Å². The van der Waals surface area contributed by atoms with Crippen LogP contribution in [0.1, 0.15) is 43.2 Å². The second kappa shape index (κ2) is 13.5. The van der Waals surface area contributed by atoms with Crippen LogP contribution >= 0.6 is 11.6 Å². The number of rotatable bonds is 8. The Morgan fingerprint density at radius 1 is 0.796 bits per heavy atom. The molecule has 1 aliphatic carbocycles. The van der Waals surface area contributed by atoms with Crippen molar-refractivity contribution in [1.29, 1.82) is 0 Å². The Bertz CT molecular complexity index is 2090. The number of hydrogen-bond acceptors (Lipinski definition) is 6. The minimum Gasteiger partial charge on any atom is -0.506 e. The number of ether oxygens (including phenoxy) is 4. The third-order valence-corrected chi connectivity index (χ3v) is 8.47. The van der Waals surface area contributed by atoms with Gasteiger partial charge in [-0.2, -0.15) is 0 Å². The SMILES string of the molecule is COc1cc(-c2cc(C=C3C(=O)C(C=C4C=C(c5ccccc5)OC(c5ccccc5Cl)=C4)=C3O)cc(C(C)(C)C)[o+]2)cc(OC)c1OC. The number of Topliss-reactive ketones (excluding diaryl/α,β-unsaturated/α-hetero) is 1. The number of ketones is 1. The number of carbonyl (C=O) groups excluding carboxylic acids is 1. The fourth-order valence-electron chi connectivity index (χ4n) is 5.53. The maximum atomic E-state index is 13.6. The first-order chi connectivity index (χ1) is 23.5. The number of benzene rings is 3. The lowest BCUT2D eigenvalue weighted by atomic mass is 9.84. The molecule has 0 spiro atoms.